The van der Waals surface area contributed by atoms with Crippen LogP contribution in [0.5, 0.6) is 0 Å². The van der Waals surface area contributed by atoms with Gasteiger partial charge in [0.15, 0.2) is 0 Å². The summed E-state index contributed by atoms with van der Waals surface area (Å²) in [5.74, 6) is -0.0385. The third-order valence-corrected chi connectivity index (χ3v) is 5.37. The Morgan fingerprint density at radius 3 is 2.75 bits per heavy atom. The Hall–Kier alpha value is -2.52. The predicted octanol–water partition coefficient (Wildman–Crippen LogP) is 0.467. The van der Waals surface area contributed by atoms with Crippen molar-refractivity contribution < 1.29 is 15.7 Å². The largest absolute Gasteiger partial charge is 0.378 e. The first-order valence-electron chi connectivity index (χ1n) is 13.1. The molecule has 3 aliphatic heterocycles. The van der Waals surface area contributed by atoms with Crippen molar-refractivity contribution >= 4 is 17.7 Å². The van der Waals surface area contributed by atoms with E-state index >= 15 is 0 Å². The van der Waals surface area contributed by atoms with Crippen LogP contribution in [0.15, 0.2) is 12.4 Å². The summed E-state index contributed by atoms with van der Waals surface area (Å²) >= 11 is 0. The fourth-order valence-electron chi connectivity index (χ4n) is 3.89. The molecule has 2 saturated heterocycles. The summed E-state index contributed by atoms with van der Waals surface area (Å²) < 4.78 is 70.7. The molecule has 9 heteroatoms. The summed E-state index contributed by atoms with van der Waals surface area (Å²) in [7, 11) is 0. The quantitative estimate of drug-likeness (QED) is 0.773. The standard InChI is InChI=1S/C19H26N8O/c1-19(3-4-21-12-19)27-5-2-14-15(13-10-22-17(20)23-11-13)24-18(25-16(14)27)26-6-8-28-9-7-26/h10-11,21H,2-9,12H2,1H3,(H2,20,22,23)/t19-/m0/s1/i6D2,7D2,8D2,9D2. The average Bonchev–Trinajstić information content (AvgIpc) is 3.39. The second-order valence-electron chi connectivity index (χ2n) is 7.19. The van der Waals surface area contributed by atoms with Gasteiger partial charge in [-0.15, -0.1) is 0 Å². The first kappa shape index (κ1) is 10.9. The second-order valence-corrected chi connectivity index (χ2v) is 7.19. The highest BCUT2D eigenvalue weighted by atomic mass is 16.5. The number of nitrogen functional groups attached to an aromatic ring is 1. The molecule has 0 unspecified atom stereocenters. The number of ether oxygens (including phenoxy) is 1. The molecule has 0 bridgehead atoms. The Morgan fingerprint density at radius 2 is 2.04 bits per heavy atom. The van der Waals surface area contributed by atoms with Gasteiger partial charge >= 0.3 is 0 Å². The van der Waals surface area contributed by atoms with E-state index in [4.69, 9.17) is 16.7 Å². The summed E-state index contributed by atoms with van der Waals surface area (Å²) in [4.78, 5) is 19.4. The third kappa shape index (κ3) is 2.94. The maximum Gasteiger partial charge on any atom is 0.228 e. The number of aromatic nitrogens is 4. The number of nitrogens with one attached hydrogen (secondary N) is 1. The number of anilines is 3. The molecule has 2 aromatic heterocycles. The molecule has 3 N–H and O–H groups in total. The van der Waals surface area contributed by atoms with Crippen LogP contribution in [0.3, 0.4) is 0 Å². The fourth-order valence-corrected chi connectivity index (χ4v) is 3.89. The van der Waals surface area contributed by atoms with Gasteiger partial charge in [-0.1, -0.05) is 0 Å². The minimum Gasteiger partial charge on any atom is -0.378 e. The molecule has 0 aliphatic carbocycles. The molecule has 5 rings (SSSR count). The van der Waals surface area contributed by atoms with E-state index in [0.717, 1.165) is 18.5 Å². The van der Waals surface area contributed by atoms with E-state index in [1.165, 1.54) is 12.4 Å². The van der Waals surface area contributed by atoms with Crippen LogP contribution in [0.1, 0.15) is 29.9 Å². The number of nitrogens with zero attached hydrogens (tertiary/aromatic N) is 6. The Kier molecular flexibility index (Phi) is 2.65. The topological polar surface area (TPSA) is 105 Å². The van der Waals surface area contributed by atoms with Crippen LogP contribution in [-0.4, -0.2) is 71.2 Å². The van der Waals surface area contributed by atoms with Gasteiger partial charge in [0, 0.05) is 49.6 Å². The van der Waals surface area contributed by atoms with Crippen LogP contribution in [-0.2, 0) is 11.2 Å². The summed E-state index contributed by atoms with van der Waals surface area (Å²) in [6.45, 7) is -8.67. The zero-order chi connectivity index (χ0) is 26.3. The van der Waals surface area contributed by atoms with Crippen molar-refractivity contribution in [1.29, 1.82) is 0 Å². The van der Waals surface area contributed by atoms with Gasteiger partial charge in [0.2, 0.25) is 11.9 Å². The normalized spacial score (nSPS) is 36.0. The Balaban J connectivity index is 1.76. The number of nitrogens with two attached hydrogens (primary N) is 1. The fraction of sp³-hybridized carbons (Fsp3) is 0.579. The molecule has 0 amide bonds. The van der Waals surface area contributed by atoms with Crippen molar-refractivity contribution in [1.82, 2.24) is 25.3 Å². The number of hydrogen-bond donors (Lipinski definition) is 2. The lowest BCUT2D eigenvalue weighted by Crippen LogP contribution is -2.47. The summed E-state index contributed by atoms with van der Waals surface area (Å²) in [6.07, 6.45) is 4.25. The molecule has 148 valence electrons. The second kappa shape index (κ2) is 6.82. The number of rotatable bonds is 3. The maximum absolute atomic E-state index is 8.45. The lowest BCUT2D eigenvalue weighted by atomic mass is 9.99. The summed E-state index contributed by atoms with van der Waals surface area (Å²) in [6, 6.07) is 0. The van der Waals surface area contributed by atoms with Crippen molar-refractivity contribution in [2.45, 2.75) is 25.3 Å². The van der Waals surface area contributed by atoms with E-state index in [0.29, 0.717) is 41.5 Å². The Labute approximate surface area is 175 Å². The van der Waals surface area contributed by atoms with E-state index in [9.17, 15) is 0 Å². The van der Waals surface area contributed by atoms with Crippen LogP contribution >= 0.6 is 0 Å². The molecular weight excluding hydrogens is 356 g/mol. The molecule has 9 nitrogen and oxygen atoms in total. The molecule has 0 spiro atoms. The minimum atomic E-state index is -3.23. The lowest BCUT2D eigenvalue weighted by molar-refractivity contribution is 0.122. The molecule has 3 aliphatic rings. The molecule has 28 heavy (non-hydrogen) atoms. The van der Waals surface area contributed by atoms with Crippen LogP contribution < -0.4 is 20.9 Å². The first-order chi connectivity index (χ1) is 16.6. The summed E-state index contributed by atoms with van der Waals surface area (Å²) in [5, 5.41) is 3.33. The average molecular weight is 391 g/mol. The van der Waals surface area contributed by atoms with Gasteiger partial charge in [0.25, 0.3) is 0 Å². The highest BCUT2D eigenvalue weighted by molar-refractivity contribution is 5.73. The Bertz CT molecular complexity index is 1160. The van der Waals surface area contributed by atoms with Crippen LogP contribution in [0.25, 0.3) is 11.3 Å². The molecular formula is C19H26N8O. The third-order valence-electron chi connectivity index (χ3n) is 5.37. The Morgan fingerprint density at radius 1 is 1.25 bits per heavy atom. The van der Waals surface area contributed by atoms with Crippen molar-refractivity contribution in [3.8, 4) is 11.3 Å². The van der Waals surface area contributed by atoms with E-state index in [1.54, 1.807) is 0 Å². The van der Waals surface area contributed by atoms with Crippen LogP contribution in [0, 0.1) is 0 Å². The van der Waals surface area contributed by atoms with E-state index < -0.39 is 32.1 Å². The minimum absolute atomic E-state index is 0.0399. The SMILES string of the molecule is [2H]C1([2H])OC([2H])([2H])C([2H])([2H])N(c2nc(-c3cnc(N)nc3)c3c(n2)N([C@@]2(C)CCNC2)CC3)C1([2H])[2H]. The van der Waals surface area contributed by atoms with E-state index in [1.807, 2.05) is 0 Å². The van der Waals surface area contributed by atoms with Crippen molar-refractivity contribution in [3.05, 3.63) is 18.0 Å². The van der Waals surface area contributed by atoms with Gasteiger partial charge in [0.05, 0.1) is 35.3 Å². The monoisotopic (exact) mass is 390 g/mol. The maximum atomic E-state index is 8.45. The molecule has 0 radical (unpaired) electrons. The van der Waals surface area contributed by atoms with Gasteiger partial charge in [-0.05, 0) is 26.3 Å². The van der Waals surface area contributed by atoms with Crippen LogP contribution in [0.2, 0.25) is 0 Å². The molecule has 5 heterocycles. The zero-order valence-electron chi connectivity index (χ0n) is 23.4. The zero-order valence-corrected chi connectivity index (χ0v) is 15.4. The molecule has 0 saturated carbocycles. The van der Waals surface area contributed by atoms with Crippen LogP contribution in [0.4, 0.5) is 17.7 Å². The van der Waals surface area contributed by atoms with Crippen molar-refractivity contribution in [2.24, 2.45) is 0 Å². The number of hydrogen-bond acceptors (Lipinski definition) is 9. The van der Waals surface area contributed by atoms with Gasteiger partial charge in [-0.3, -0.25) is 0 Å². The predicted molar refractivity (Wildman–Crippen MR) is 107 cm³/mol. The number of morpholine rings is 1. The van der Waals surface area contributed by atoms with Gasteiger partial charge in [-0.25, -0.2) is 15.0 Å². The molecule has 1 atom stereocenters. The molecule has 2 aromatic rings. The van der Waals surface area contributed by atoms with Crippen molar-refractivity contribution in [3.63, 3.8) is 0 Å². The number of fused-ring (bicyclic) bond motifs is 1. The molecule has 0 aromatic carbocycles. The molecule has 2 fully saturated rings. The van der Waals surface area contributed by atoms with E-state index in [2.05, 4.69) is 41.8 Å². The van der Waals surface area contributed by atoms with Gasteiger partial charge < -0.3 is 25.6 Å². The lowest BCUT2D eigenvalue weighted by Gasteiger charge is -2.37. The summed E-state index contributed by atoms with van der Waals surface area (Å²) in [5.41, 5.74) is 6.79. The van der Waals surface area contributed by atoms with Crippen molar-refractivity contribution in [2.75, 3.05) is 61.3 Å². The first-order valence-corrected chi connectivity index (χ1v) is 9.08. The highest BCUT2D eigenvalue weighted by Gasteiger charge is 2.40. The van der Waals surface area contributed by atoms with Gasteiger partial charge in [0.1, 0.15) is 5.82 Å². The van der Waals surface area contributed by atoms with E-state index in [-0.39, 0.29) is 11.5 Å². The highest BCUT2D eigenvalue weighted by Crippen LogP contribution is 2.40. The smallest absolute Gasteiger partial charge is 0.228 e. The van der Waals surface area contributed by atoms with Gasteiger partial charge in [-0.2, -0.15) is 4.98 Å².